The average molecular weight is 326 g/mol. The number of carbonyl (C=O) groups is 1. The number of hydrogen-bond acceptors (Lipinski definition) is 2. The highest BCUT2D eigenvalue weighted by Gasteiger charge is 2.24. The smallest absolute Gasteiger partial charge is 0.227 e. The van der Waals surface area contributed by atoms with Gasteiger partial charge >= 0.3 is 0 Å². The lowest BCUT2D eigenvalue weighted by Crippen LogP contribution is -2.41. The zero-order valence-corrected chi connectivity index (χ0v) is 14.1. The molecule has 0 spiro atoms. The fourth-order valence-corrected chi connectivity index (χ4v) is 3.52. The molecule has 0 bridgehead atoms. The van der Waals surface area contributed by atoms with Crippen LogP contribution in [-0.2, 0) is 11.2 Å². The highest BCUT2D eigenvalue weighted by atomic mass is 16.3. The van der Waals surface area contributed by atoms with Crippen molar-refractivity contribution in [3.63, 3.8) is 0 Å². The van der Waals surface area contributed by atoms with Crippen molar-refractivity contribution >= 4 is 5.91 Å². The summed E-state index contributed by atoms with van der Waals surface area (Å²) < 4.78 is 2.05. The van der Waals surface area contributed by atoms with E-state index >= 15 is 0 Å². The van der Waals surface area contributed by atoms with E-state index in [1.165, 1.54) is 6.42 Å². The van der Waals surface area contributed by atoms with E-state index in [-0.39, 0.29) is 18.6 Å². The second-order valence-corrected chi connectivity index (χ2v) is 6.54. The first-order valence-electron chi connectivity index (χ1n) is 8.90. The van der Waals surface area contributed by atoms with Gasteiger partial charge in [0.05, 0.1) is 6.42 Å². The molecule has 1 aliphatic heterocycles. The number of amides is 1. The number of rotatable bonds is 5. The third-order valence-corrected chi connectivity index (χ3v) is 4.85. The van der Waals surface area contributed by atoms with E-state index in [2.05, 4.69) is 16.7 Å². The molecule has 24 heavy (non-hydrogen) atoms. The quantitative estimate of drug-likeness (QED) is 0.917. The highest BCUT2D eigenvalue weighted by molar-refractivity contribution is 5.79. The number of nitrogens with zero attached hydrogens (tertiary/aromatic N) is 2. The van der Waals surface area contributed by atoms with Gasteiger partial charge in [-0.1, -0.05) is 25.0 Å². The Morgan fingerprint density at radius 3 is 2.54 bits per heavy atom. The standard InChI is InChI=1S/C20H26N2O2/c23-15-11-19-6-2-1-3-14-22(19)20(24)16-17-7-9-18(10-8-17)21-12-4-5-13-21/h4-5,7-10,12-13,19,23H,1-3,6,11,14-16H2. The normalized spacial score (nSPS) is 18.4. The van der Waals surface area contributed by atoms with Crippen LogP contribution in [0.15, 0.2) is 48.8 Å². The summed E-state index contributed by atoms with van der Waals surface area (Å²) in [6, 6.07) is 12.4. The highest BCUT2D eigenvalue weighted by Crippen LogP contribution is 2.20. The van der Waals surface area contributed by atoms with Gasteiger partial charge in [-0.25, -0.2) is 0 Å². The first-order valence-corrected chi connectivity index (χ1v) is 8.90. The molecule has 1 aliphatic rings. The Hall–Kier alpha value is -2.07. The molecule has 2 aromatic rings. The van der Waals surface area contributed by atoms with E-state index in [1.54, 1.807) is 0 Å². The van der Waals surface area contributed by atoms with Gasteiger partial charge < -0.3 is 14.6 Å². The van der Waals surface area contributed by atoms with Crippen LogP contribution in [0.3, 0.4) is 0 Å². The lowest BCUT2D eigenvalue weighted by Gasteiger charge is -2.30. The van der Waals surface area contributed by atoms with Crippen molar-refractivity contribution in [2.45, 2.75) is 44.6 Å². The van der Waals surface area contributed by atoms with Crippen LogP contribution in [0.2, 0.25) is 0 Å². The maximum Gasteiger partial charge on any atom is 0.227 e. The summed E-state index contributed by atoms with van der Waals surface area (Å²) in [5.74, 6) is 0.184. The lowest BCUT2D eigenvalue weighted by atomic mass is 10.1. The van der Waals surface area contributed by atoms with Gasteiger partial charge in [-0.05, 0) is 49.1 Å². The molecular formula is C20H26N2O2. The molecule has 1 fully saturated rings. The third-order valence-electron chi connectivity index (χ3n) is 4.85. The van der Waals surface area contributed by atoms with Crippen LogP contribution in [0.25, 0.3) is 5.69 Å². The van der Waals surface area contributed by atoms with Crippen molar-refractivity contribution in [3.05, 3.63) is 54.4 Å². The van der Waals surface area contributed by atoms with Crippen molar-refractivity contribution in [1.82, 2.24) is 9.47 Å². The molecule has 4 nitrogen and oxygen atoms in total. The van der Waals surface area contributed by atoms with Gasteiger partial charge in [-0.15, -0.1) is 0 Å². The minimum atomic E-state index is 0.153. The largest absolute Gasteiger partial charge is 0.396 e. The van der Waals surface area contributed by atoms with Gasteiger partial charge in [0, 0.05) is 37.3 Å². The molecule has 0 radical (unpaired) electrons. The van der Waals surface area contributed by atoms with Gasteiger partial charge in [-0.3, -0.25) is 4.79 Å². The van der Waals surface area contributed by atoms with Crippen molar-refractivity contribution in [2.24, 2.45) is 0 Å². The Labute approximate surface area is 143 Å². The Morgan fingerprint density at radius 1 is 1.08 bits per heavy atom. The van der Waals surface area contributed by atoms with Gasteiger partial charge in [-0.2, -0.15) is 0 Å². The third kappa shape index (κ3) is 4.06. The number of aliphatic hydroxyl groups is 1. The van der Waals surface area contributed by atoms with E-state index < -0.39 is 0 Å². The summed E-state index contributed by atoms with van der Waals surface area (Å²) >= 11 is 0. The maximum atomic E-state index is 12.8. The van der Waals surface area contributed by atoms with Gasteiger partial charge in [0.15, 0.2) is 0 Å². The Morgan fingerprint density at radius 2 is 1.83 bits per heavy atom. The topological polar surface area (TPSA) is 45.5 Å². The SMILES string of the molecule is O=C(Cc1ccc(-n2cccc2)cc1)N1CCCCCC1CCO. The van der Waals surface area contributed by atoms with Gasteiger partial charge in [0.1, 0.15) is 0 Å². The molecule has 1 amide bonds. The second-order valence-electron chi connectivity index (χ2n) is 6.54. The van der Waals surface area contributed by atoms with Crippen LogP contribution in [0, 0.1) is 0 Å². The van der Waals surface area contributed by atoms with E-state index in [0.29, 0.717) is 12.8 Å². The molecule has 1 N–H and O–H groups in total. The minimum Gasteiger partial charge on any atom is -0.396 e. The zero-order valence-electron chi connectivity index (χ0n) is 14.1. The van der Waals surface area contributed by atoms with Crippen LogP contribution < -0.4 is 0 Å². The van der Waals surface area contributed by atoms with Gasteiger partial charge in [0.25, 0.3) is 0 Å². The molecule has 0 saturated carbocycles. The monoisotopic (exact) mass is 326 g/mol. The zero-order chi connectivity index (χ0) is 16.8. The van der Waals surface area contributed by atoms with Crippen LogP contribution in [-0.4, -0.2) is 39.7 Å². The molecule has 0 aliphatic carbocycles. The summed E-state index contributed by atoms with van der Waals surface area (Å²) in [6.45, 7) is 0.977. The van der Waals surface area contributed by atoms with E-state index in [1.807, 2.05) is 41.6 Å². The fourth-order valence-electron chi connectivity index (χ4n) is 3.52. The summed E-state index contributed by atoms with van der Waals surface area (Å²) in [6.07, 6.45) is 9.57. The molecule has 128 valence electrons. The average Bonchev–Trinajstić information content (AvgIpc) is 3.03. The number of carbonyl (C=O) groups excluding carboxylic acids is 1. The summed E-state index contributed by atoms with van der Waals surface area (Å²) in [4.78, 5) is 14.8. The van der Waals surface area contributed by atoms with Crippen molar-refractivity contribution in [2.75, 3.05) is 13.2 Å². The summed E-state index contributed by atoms with van der Waals surface area (Å²) in [5, 5.41) is 9.28. The molecule has 2 heterocycles. The number of aromatic nitrogens is 1. The van der Waals surface area contributed by atoms with E-state index in [9.17, 15) is 9.90 Å². The number of benzene rings is 1. The number of likely N-dealkylation sites (tertiary alicyclic amines) is 1. The van der Waals surface area contributed by atoms with E-state index in [0.717, 1.165) is 37.1 Å². The molecule has 4 heteroatoms. The Bertz CT molecular complexity index is 634. The lowest BCUT2D eigenvalue weighted by molar-refractivity contribution is -0.133. The molecule has 1 aromatic heterocycles. The number of hydrogen-bond donors (Lipinski definition) is 1. The molecule has 1 aromatic carbocycles. The maximum absolute atomic E-state index is 12.8. The van der Waals surface area contributed by atoms with Crippen LogP contribution >= 0.6 is 0 Å². The Kier molecular flexibility index (Phi) is 5.70. The fraction of sp³-hybridized carbons (Fsp3) is 0.450. The molecular weight excluding hydrogens is 300 g/mol. The van der Waals surface area contributed by atoms with Crippen molar-refractivity contribution in [1.29, 1.82) is 0 Å². The number of aliphatic hydroxyl groups excluding tert-OH is 1. The molecule has 1 saturated heterocycles. The van der Waals surface area contributed by atoms with Crippen molar-refractivity contribution in [3.8, 4) is 5.69 Å². The van der Waals surface area contributed by atoms with Crippen molar-refractivity contribution < 1.29 is 9.90 Å². The van der Waals surface area contributed by atoms with Crippen LogP contribution in [0.5, 0.6) is 0 Å². The predicted molar refractivity (Wildman–Crippen MR) is 95.1 cm³/mol. The first-order chi connectivity index (χ1) is 11.8. The van der Waals surface area contributed by atoms with E-state index in [4.69, 9.17) is 0 Å². The molecule has 3 rings (SSSR count). The molecule has 1 atom stereocenters. The second kappa shape index (κ2) is 8.15. The molecule has 1 unspecified atom stereocenters. The first kappa shape index (κ1) is 16.8. The summed E-state index contributed by atoms with van der Waals surface area (Å²) in [7, 11) is 0. The van der Waals surface area contributed by atoms with Crippen LogP contribution in [0.1, 0.15) is 37.7 Å². The Balaban J connectivity index is 1.66. The minimum absolute atomic E-state index is 0.153. The van der Waals surface area contributed by atoms with Gasteiger partial charge in [0.2, 0.25) is 5.91 Å². The summed E-state index contributed by atoms with van der Waals surface area (Å²) in [5.41, 5.74) is 2.15. The predicted octanol–water partition coefficient (Wildman–Crippen LogP) is 3.17. The van der Waals surface area contributed by atoms with Crippen LogP contribution in [0.4, 0.5) is 0 Å².